The average molecular weight is 237 g/mol. The minimum Gasteiger partial charge on any atom is -0.480 e. The van der Waals surface area contributed by atoms with Gasteiger partial charge in [0, 0.05) is 7.05 Å². The molecule has 0 spiro atoms. The summed E-state index contributed by atoms with van der Waals surface area (Å²) in [7, 11) is 1.37. The summed E-state index contributed by atoms with van der Waals surface area (Å²) in [6.45, 7) is 1.65. The third-order valence-electron chi connectivity index (χ3n) is 2.22. The molecule has 0 fully saturated rings. The van der Waals surface area contributed by atoms with Crippen molar-refractivity contribution in [3.8, 4) is 5.75 Å². The van der Waals surface area contributed by atoms with Gasteiger partial charge in [0.2, 0.25) is 0 Å². The second-order valence-electron chi connectivity index (χ2n) is 3.62. The summed E-state index contributed by atoms with van der Waals surface area (Å²) in [6, 6.07) is 7.09. The number of rotatable bonds is 4. The molecule has 0 atom stereocenters. The molecule has 5 nitrogen and oxygen atoms in total. The van der Waals surface area contributed by atoms with Gasteiger partial charge in [0.25, 0.3) is 0 Å². The molecule has 0 aliphatic carbocycles. The zero-order chi connectivity index (χ0) is 12.8. The molecule has 0 saturated heterocycles. The highest BCUT2D eigenvalue weighted by Gasteiger charge is 2.13. The lowest BCUT2D eigenvalue weighted by molar-refractivity contribution is -0.137. The van der Waals surface area contributed by atoms with Crippen LogP contribution in [0.4, 0.5) is 4.79 Å². The first-order chi connectivity index (χ1) is 8.02. The van der Waals surface area contributed by atoms with Crippen LogP contribution in [0.15, 0.2) is 24.3 Å². The standard InChI is InChI=1S/C12H15NO4/c1-3-9-4-6-10(7-5-9)17-12(16)13(2)8-11(14)15/h4-7H,3,8H2,1-2H3,(H,14,15). The highest BCUT2D eigenvalue weighted by atomic mass is 16.6. The van der Waals surface area contributed by atoms with Crippen molar-refractivity contribution in [2.75, 3.05) is 13.6 Å². The zero-order valence-electron chi connectivity index (χ0n) is 9.84. The van der Waals surface area contributed by atoms with Gasteiger partial charge in [-0.15, -0.1) is 0 Å². The molecule has 92 valence electrons. The Kier molecular flexibility index (Phi) is 4.51. The van der Waals surface area contributed by atoms with E-state index < -0.39 is 12.1 Å². The lowest BCUT2D eigenvalue weighted by atomic mass is 10.2. The zero-order valence-corrected chi connectivity index (χ0v) is 9.84. The SMILES string of the molecule is CCc1ccc(OC(=O)N(C)CC(=O)O)cc1. The number of aliphatic carboxylic acids is 1. The Hall–Kier alpha value is -2.04. The van der Waals surface area contributed by atoms with Crippen LogP contribution in [0.2, 0.25) is 0 Å². The van der Waals surface area contributed by atoms with Crippen LogP contribution in [-0.4, -0.2) is 35.7 Å². The first-order valence-corrected chi connectivity index (χ1v) is 5.26. The Morgan fingerprint density at radius 1 is 1.29 bits per heavy atom. The van der Waals surface area contributed by atoms with Gasteiger partial charge in [-0.1, -0.05) is 19.1 Å². The molecule has 0 unspecified atom stereocenters. The van der Waals surface area contributed by atoms with E-state index in [0.717, 1.165) is 16.9 Å². The summed E-state index contributed by atoms with van der Waals surface area (Å²) in [5, 5.41) is 8.52. The van der Waals surface area contributed by atoms with Crippen LogP contribution in [0.5, 0.6) is 5.75 Å². The largest absolute Gasteiger partial charge is 0.480 e. The maximum Gasteiger partial charge on any atom is 0.415 e. The van der Waals surface area contributed by atoms with E-state index >= 15 is 0 Å². The van der Waals surface area contributed by atoms with Crippen LogP contribution in [-0.2, 0) is 11.2 Å². The number of aryl methyl sites for hydroxylation is 1. The van der Waals surface area contributed by atoms with Gasteiger partial charge in [0.1, 0.15) is 12.3 Å². The number of amides is 1. The average Bonchev–Trinajstić information content (AvgIpc) is 2.29. The van der Waals surface area contributed by atoms with E-state index in [0.29, 0.717) is 5.75 Å². The summed E-state index contributed by atoms with van der Waals surface area (Å²) >= 11 is 0. The maximum absolute atomic E-state index is 11.4. The fourth-order valence-electron chi connectivity index (χ4n) is 1.24. The molecular weight excluding hydrogens is 222 g/mol. The Morgan fingerprint density at radius 3 is 2.35 bits per heavy atom. The number of carboxylic acid groups (broad SMARTS) is 1. The van der Waals surface area contributed by atoms with Crippen molar-refractivity contribution in [3.63, 3.8) is 0 Å². The molecule has 0 aliphatic rings. The monoisotopic (exact) mass is 237 g/mol. The number of hydrogen-bond donors (Lipinski definition) is 1. The quantitative estimate of drug-likeness (QED) is 0.866. The summed E-state index contributed by atoms with van der Waals surface area (Å²) in [5.41, 5.74) is 1.14. The van der Waals surface area contributed by atoms with E-state index in [1.54, 1.807) is 12.1 Å². The van der Waals surface area contributed by atoms with Crippen molar-refractivity contribution in [1.82, 2.24) is 4.90 Å². The fourth-order valence-corrected chi connectivity index (χ4v) is 1.24. The van der Waals surface area contributed by atoms with Crippen LogP contribution >= 0.6 is 0 Å². The molecule has 0 bridgehead atoms. The normalized spacial score (nSPS) is 9.76. The van der Waals surface area contributed by atoms with Gasteiger partial charge >= 0.3 is 12.1 Å². The van der Waals surface area contributed by atoms with Gasteiger partial charge < -0.3 is 9.84 Å². The number of benzene rings is 1. The van der Waals surface area contributed by atoms with Gasteiger partial charge in [0.05, 0.1) is 0 Å². The van der Waals surface area contributed by atoms with Crippen LogP contribution in [0.25, 0.3) is 0 Å². The van der Waals surface area contributed by atoms with Crippen molar-refractivity contribution in [3.05, 3.63) is 29.8 Å². The lowest BCUT2D eigenvalue weighted by Crippen LogP contribution is -2.34. The smallest absolute Gasteiger partial charge is 0.415 e. The molecule has 1 rings (SSSR count). The molecule has 0 aliphatic heterocycles. The third kappa shape index (κ3) is 4.14. The van der Waals surface area contributed by atoms with Gasteiger partial charge in [-0.05, 0) is 24.1 Å². The molecule has 1 aromatic carbocycles. The summed E-state index contributed by atoms with van der Waals surface area (Å²) in [5.74, 6) is -0.671. The highest BCUT2D eigenvalue weighted by Crippen LogP contribution is 2.13. The first kappa shape index (κ1) is 13.0. The Morgan fingerprint density at radius 2 is 1.88 bits per heavy atom. The Labute approximate surface area is 99.6 Å². The Bertz CT molecular complexity index is 399. The van der Waals surface area contributed by atoms with Gasteiger partial charge in [-0.3, -0.25) is 9.69 Å². The van der Waals surface area contributed by atoms with Crippen LogP contribution in [0.1, 0.15) is 12.5 Å². The maximum atomic E-state index is 11.4. The molecule has 0 radical (unpaired) electrons. The lowest BCUT2D eigenvalue weighted by Gasteiger charge is -2.14. The minimum absolute atomic E-state index is 0.383. The molecule has 5 heteroatoms. The number of carbonyl (C=O) groups is 2. The van der Waals surface area contributed by atoms with Crippen molar-refractivity contribution in [2.45, 2.75) is 13.3 Å². The summed E-state index contributed by atoms with van der Waals surface area (Å²) in [6.07, 6.45) is 0.226. The molecule has 1 N–H and O–H groups in total. The van der Waals surface area contributed by atoms with Crippen LogP contribution in [0.3, 0.4) is 0 Å². The summed E-state index contributed by atoms with van der Waals surface area (Å²) in [4.78, 5) is 22.8. The fraction of sp³-hybridized carbons (Fsp3) is 0.333. The predicted octanol–water partition coefficient (Wildman–Crippen LogP) is 1.76. The van der Waals surface area contributed by atoms with Crippen molar-refractivity contribution >= 4 is 12.1 Å². The van der Waals surface area contributed by atoms with E-state index in [9.17, 15) is 9.59 Å². The number of hydrogen-bond acceptors (Lipinski definition) is 3. The van der Waals surface area contributed by atoms with E-state index in [4.69, 9.17) is 9.84 Å². The molecule has 0 heterocycles. The van der Waals surface area contributed by atoms with E-state index in [1.165, 1.54) is 7.05 Å². The van der Waals surface area contributed by atoms with Crippen LogP contribution < -0.4 is 4.74 Å². The molecule has 17 heavy (non-hydrogen) atoms. The molecule has 1 aromatic rings. The molecular formula is C12H15NO4. The number of likely N-dealkylation sites (N-methyl/N-ethyl adjacent to an activating group) is 1. The predicted molar refractivity (Wildman–Crippen MR) is 62.1 cm³/mol. The van der Waals surface area contributed by atoms with Crippen LogP contribution in [0, 0.1) is 0 Å². The van der Waals surface area contributed by atoms with Crippen molar-refractivity contribution < 1.29 is 19.4 Å². The van der Waals surface area contributed by atoms with Gasteiger partial charge in [-0.25, -0.2) is 4.79 Å². The highest BCUT2D eigenvalue weighted by molar-refractivity contribution is 5.77. The second kappa shape index (κ2) is 5.89. The number of ether oxygens (including phenoxy) is 1. The first-order valence-electron chi connectivity index (χ1n) is 5.26. The van der Waals surface area contributed by atoms with E-state index in [2.05, 4.69) is 0 Å². The van der Waals surface area contributed by atoms with E-state index in [-0.39, 0.29) is 6.54 Å². The number of carboxylic acids is 1. The van der Waals surface area contributed by atoms with Crippen molar-refractivity contribution in [2.24, 2.45) is 0 Å². The van der Waals surface area contributed by atoms with Crippen molar-refractivity contribution in [1.29, 1.82) is 0 Å². The van der Waals surface area contributed by atoms with E-state index in [1.807, 2.05) is 19.1 Å². The van der Waals surface area contributed by atoms with Gasteiger partial charge in [0.15, 0.2) is 0 Å². The Balaban J connectivity index is 2.58. The third-order valence-corrected chi connectivity index (χ3v) is 2.22. The van der Waals surface area contributed by atoms with Gasteiger partial charge in [-0.2, -0.15) is 0 Å². The topological polar surface area (TPSA) is 66.8 Å². The molecule has 1 amide bonds. The molecule has 0 aromatic heterocycles. The number of nitrogens with zero attached hydrogens (tertiary/aromatic N) is 1. The molecule has 0 saturated carbocycles. The summed E-state index contributed by atoms with van der Waals surface area (Å²) < 4.78 is 5.00. The number of carbonyl (C=O) groups excluding carboxylic acids is 1. The second-order valence-corrected chi connectivity index (χ2v) is 3.62. The minimum atomic E-state index is -1.08.